The van der Waals surface area contributed by atoms with Crippen LogP contribution in [0.1, 0.15) is 116 Å². The molecule has 0 aliphatic heterocycles. The van der Waals surface area contributed by atoms with Gasteiger partial charge in [-0.15, -0.1) is 0 Å². The molecule has 1 rings (SSSR count). The number of hydrogen-bond donors (Lipinski definition) is 1. The van der Waals surface area contributed by atoms with Crippen molar-refractivity contribution in [3.8, 4) is 5.75 Å². The average Bonchev–Trinajstić information content (AvgIpc) is 2.70. The molecule has 1 aromatic carbocycles. The summed E-state index contributed by atoms with van der Waals surface area (Å²) in [7, 11) is 0. The second-order valence-corrected chi connectivity index (χ2v) is 12.5. The van der Waals surface area contributed by atoms with E-state index < -0.39 is 0 Å². The van der Waals surface area contributed by atoms with Crippen molar-refractivity contribution in [1.82, 2.24) is 0 Å². The number of hydrogen-bond acceptors (Lipinski definition) is 1. The Morgan fingerprint density at radius 3 is 1.46 bits per heavy atom. The second-order valence-electron chi connectivity index (χ2n) is 8.23. The van der Waals surface area contributed by atoms with Crippen LogP contribution < -0.4 is 5.30 Å². The molecule has 0 saturated carbocycles. The first-order chi connectivity index (χ1) is 13.8. The van der Waals surface area contributed by atoms with Crippen LogP contribution in [0.4, 0.5) is 0 Å². The van der Waals surface area contributed by atoms with E-state index in [4.69, 9.17) is 0 Å². The van der Waals surface area contributed by atoms with E-state index in [9.17, 15) is 5.11 Å². The first kappa shape index (κ1) is 26.0. The zero-order valence-electron chi connectivity index (χ0n) is 18.3. The second kappa shape index (κ2) is 18.9. The predicted octanol–water partition coefficient (Wildman–Crippen LogP) is 9.46. The highest BCUT2D eigenvalue weighted by Crippen LogP contribution is 2.46. The third-order valence-corrected chi connectivity index (χ3v) is 9.42. The van der Waals surface area contributed by atoms with E-state index in [1.54, 1.807) is 6.07 Å². The van der Waals surface area contributed by atoms with Crippen LogP contribution in [0, 0.1) is 0 Å². The molecule has 0 heterocycles. The Labute approximate surface area is 184 Å². The number of unbranched alkanes of at least 4 members (excludes halogenated alkanes) is 16. The van der Waals surface area contributed by atoms with Crippen LogP contribution in [-0.2, 0) is 0 Å². The number of aromatic hydroxyl groups is 1. The summed E-state index contributed by atoms with van der Waals surface area (Å²) in [6.45, 7) is 1.91. The summed E-state index contributed by atoms with van der Waals surface area (Å²) in [5.74, 6) is 0.442. The Kier molecular flexibility index (Phi) is 17.6. The maximum Gasteiger partial charge on any atom is 0.124 e. The molecule has 0 bridgehead atoms. The van der Waals surface area contributed by atoms with Crippen molar-refractivity contribution in [1.29, 1.82) is 0 Å². The van der Waals surface area contributed by atoms with E-state index in [2.05, 4.69) is 22.4 Å². The molecule has 0 aromatic heterocycles. The van der Waals surface area contributed by atoms with Gasteiger partial charge in [0, 0.05) is 5.30 Å². The molecule has 1 N–H and O–H groups in total. The Bertz CT molecular complexity index is 466. The minimum absolute atomic E-state index is 0.378. The van der Waals surface area contributed by atoms with Gasteiger partial charge in [0.2, 0.25) is 0 Å². The van der Waals surface area contributed by atoms with Crippen molar-refractivity contribution >= 4 is 27.4 Å². The monoisotopic (exact) mass is 470 g/mol. The number of benzene rings is 1. The minimum atomic E-state index is -0.378. The molecule has 1 atom stereocenters. The summed E-state index contributed by atoms with van der Waals surface area (Å²) >= 11 is 3.79. The van der Waals surface area contributed by atoms with Crippen LogP contribution in [0.15, 0.2) is 24.3 Å². The lowest BCUT2D eigenvalue weighted by Gasteiger charge is -2.11. The zero-order valence-corrected chi connectivity index (χ0v) is 20.8. The molecular weight excluding hydrogens is 427 g/mol. The van der Waals surface area contributed by atoms with E-state index in [0.29, 0.717) is 5.75 Å². The van der Waals surface area contributed by atoms with Gasteiger partial charge in [-0.1, -0.05) is 137 Å². The number of phenols is 1. The topological polar surface area (TPSA) is 20.2 Å². The Balaban J connectivity index is 1.79. The van der Waals surface area contributed by atoms with Gasteiger partial charge in [-0.05, 0) is 31.3 Å². The van der Waals surface area contributed by atoms with E-state index in [-0.39, 0.29) is 6.62 Å². The van der Waals surface area contributed by atoms with Gasteiger partial charge in [0.15, 0.2) is 0 Å². The summed E-state index contributed by atoms with van der Waals surface area (Å²) < 4.78 is 0. The van der Waals surface area contributed by atoms with Crippen molar-refractivity contribution in [3.05, 3.63) is 24.3 Å². The minimum Gasteiger partial charge on any atom is -0.507 e. The molecule has 1 unspecified atom stereocenters. The highest BCUT2D eigenvalue weighted by atomic mass is 79.9. The molecular formula is C25H44BrOP. The Hall–Kier alpha value is -0.0700. The summed E-state index contributed by atoms with van der Waals surface area (Å²) in [5.41, 5.74) is 0. The van der Waals surface area contributed by atoms with Gasteiger partial charge in [0.25, 0.3) is 0 Å². The van der Waals surface area contributed by atoms with Crippen molar-refractivity contribution in [2.24, 2.45) is 0 Å². The molecule has 0 amide bonds. The standard InChI is InChI=1S/C25H44BrOP/c1-2-3-4-5-6-7-8-9-10-11-12-13-14-15-16-17-20-23-28(26)25-22-19-18-21-24(25)27/h18-19,21-22,27H,2-17,20,23H2,1H3. The maximum absolute atomic E-state index is 9.91. The van der Waals surface area contributed by atoms with Crippen LogP contribution in [0.3, 0.4) is 0 Å². The number of phenolic OH excluding ortho intramolecular Hbond substituents is 1. The predicted molar refractivity (Wildman–Crippen MR) is 133 cm³/mol. The largest absolute Gasteiger partial charge is 0.507 e. The Morgan fingerprint density at radius 2 is 1.04 bits per heavy atom. The summed E-state index contributed by atoms with van der Waals surface area (Å²) in [4.78, 5) is 0. The van der Waals surface area contributed by atoms with Crippen LogP contribution in [-0.4, -0.2) is 11.3 Å². The molecule has 1 nitrogen and oxygen atoms in total. The lowest BCUT2D eigenvalue weighted by atomic mass is 10.0. The molecule has 0 aliphatic carbocycles. The number of para-hydroxylation sites is 1. The van der Waals surface area contributed by atoms with Gasteiger partial charge in [-0.3, -0.25) is 0 Å². The van der Waals surface area contributed by atoms with E-state index in [1.807, 2.05) is 18.2 Å². The van der Waals surface area contributed by atoms with Crippen LogP contribution in [0.2, 0.25) is 0 Å². The highest BCUT2D eigenvalue weighted by Gasteiger charge is 2.10. The lowest BCUT2D eigenvalue weighted by Crippen LogP contribution is -1.99. The van der Waals surface area contributed by atoms with Crippen LogP contribution in [0.5, 0.6) is 5.75 Å². The molecule has 0 fully saturated rings. The number of rotatable bonds is 19. The molecule has 3 heteroatoms. The molecule has 1 aromatic rings. The van der Waals surface area contributed by atoms with Gasteiger partial charge in [0.1, 0.15) is 5.75 Å². The molecule has 0 radical (unpaired) electrons. The fourth-order valence-corrected chi connectivity index (χ4v) is 6.73. The first-order valence-electron chi connectivity index (χ1n) is 12.0. The van der Waals surface area contributed by atoms with Gasteiger partial charge < -0.3 is 5.11 Å². The lowest BCUT2D eigenvalue weighted by molar-refractivity contribution is 0.480. The third-order valence-electron chi connectivity index (χ3n) is 5.60. The SMILES string of the molecule is CCCCCCCCCCCCCCCCCCCP(Br)c1ccccc1O. The summed E-state index contributed by atoms with van der Waals surface area (Å²) in [6.07, 6.45) is 25.3. The van der Waals surface area contributed by atoms with E-state index in [0.717, 1.165) is 5.30 Å². The van der Waals surface area contributed by atoms with Crippen LogP contribution in [0.25, 0.3) is 0 Å². The van der Waals surface area contributed by atoms with Crippen LogP contribution >= 0.6 is 22.1 Å². The van der Waals surface area contributed by atoms with Crippen molar-refractivity contribution in [3.63, 3.8) is 0 Å². The highest BCUT2D eigenvalue weighted by molar-refractivity contribution is 9.40. The summed E-state index contributed by atoms with van der Waals surface area (Å²) in [6, 6.07) is 7.74. The third kappa shape index (κ3) is 14.0. The van der Waals surface area contributed by atoms with E-state index in [1.165, 1.54) is 115 Å². The Morgan fingerprint density at radius 1 is 0.643 bits per heavy atom. The molecule has 0 aliphatic rings. The number of halogens is 1. The van der Waals surface area contributed by atoms with Crippen molar-refractivity contribution in [2.75, 3.05) is 6.16 Å². The van der Waals surface area contributed by atoms with E-state index >= 15 is 0 Å². The van der Waals surface area contributed by atoms with Gasteiger partial charge in [-0.25, -0.2) is 0 Å². The molecule has 28 heavy (non-hydrogen) atoms. The van der Waals surface area contributed by atoms with Gasteiger partial charge >= 0.3 is 0 Å². The maximum atomic E-state index is 9.91. The normalized spacial score (nSPS) is 12.4. The fraction of sp³-hybridized carbons (Fsp3) is 0.760. The fourth-order valence-electron chi connectivity index (χ4n) is 3.77. The first-order valence-corrected chi connectivity index (χ1v) is 15.5. The summed E-state index contributed by atoms with van der Waals surface area (Å²) in [5, 5.41) is 11.0. The average molecular weight is 472 g/mol. The smallest absolute Gasteiger partial charge is 0.124 e. The molecule has 0 saturated heterocycles. The molecule has 162 valence electrons. The van der Waals surface area contributed by atoms with Crippen molar-refractivity contribution < 1.29 is 5.11 Å². The van der Waals surface area contributed by atoms with Crippen molar-refractivity contribution in [2.45, 2.75) is 116 Å². The molecule has 0 spiro atoms. The zero-order chi connectivity index (χ0) is 20.3. The van der Waals surface area contributed by atoms with Gasteiger partial charge in [-0.2, -0.15) is 0 Å². The quantitative estimate of drug-likeness (QED) is 0.157. The van der Waals surface area contributed by atoms with Gasteiger partial charge in [0.05, 0.1) is 0 Å².